The van der Waals surface area contributed by atoms with E-state index in [0.717, 1.165) is 50.0 Å². The molecule has 48 heavy (non-hydrogen) atoms. The van der Waals surface area contributed by atoms with E-state index in [1.54, 1.807) is 0 Å². The fourth-order valence-corrected chi connectivity index (χ4v) is 7.19. The zero-order valence-corrected chi connectivity index (χ0v) is 25.8. The first-order chi connectivity index (χ1) is 23.8. The maximum atomic E-state index is 5.23. The molecule has 0 amide bonds. The highest BCUT2D eigenvalue weighted by Crippen LogP contribution is 2.43. The van der Waals surface area contributed by atoms with Crippen LogP contribution in [0, 0.1) is 0 Å². The molecule has 10 rings (SSSR count). The van der Waals surface area contributed by atoms with Gasteiger partial charge in [-0.1, -0.05) is 140 Å². The summed E-state index contributed by atoms with van der Waals surface area (Å²) in [6.45, 7) is 0. The Morgan fingerprint density at radius 1 is 0.354 bits per heavy atom. The maximum Gasteiger partial charge on any atom is 0.238 e. The largest absolute Gasteiger partial charge is 0.305 e. The van der Waals surface area contributed by atoms with Gasteiger partial charge in [-0.25, -0.2) is 4.98 Å². The molecule has 1 aromatic heterocycles. The Bertz CT molecular complexity index is 2700. The van der Waals surface area contributed by atoms with Gasteiger partial charge in [0, 0.05) is 21.9 Å². The van der Waals surface area contributed by atoms with Crippen molar-refractivity contribution in [1.29, 1.82) is 0 Å². The lowest BCUT2D eigenvalue weighted by atomic mass is 9.96. The third-order valence-corrected chi connectivity index (χ3v) is 9.35. The smallest absolute Gasteiger partial charge is 0.238 e. The van der Waals surface area contributed by atoms with Crippen LogP contribution in [0.2, 0.25) is 0 Å². The lowest BCUT2D eigenvalue weighted by Crippen LogP contribution is -2.15. The summed E-state index contributed by atoms with van der Waals surface area (Å²) in [5.41, 5.74) is 9.52. The molecule has 0 unspecified atom stereocenters. The van der Waals surface area contributed by atoms with Crippen molar-refractivity contribution in [3.8, 4) is 45.5 Å². The number of pyridine rings is 1. The Hall–Kier alpha value is -6.59. The molecule has 2 aliphatic heterocycles. The van der Waals surface area contributed by atoms with Crippen LogP contribution in [-0.4, -0.2) is 24.1 Å². The summed E-state index contributed by atoms with van der Waals surface area (Å²) in [5.74, 6) is 1.83. The lowest BCUT2D eigenvalue weighted by Gasteiger charge is -2.27. The minimum absolute atomic E-state index is 0.570. The first-order valence-electron chi connectivity index (χ1n) is 16.1. The third kappa shape index (κ3) is 4.01. The number of rotatable bonds is 4. The third-order valence-electron chi connectivity index (χ3n) is 9.35. The predicted octanol–water partition coefficient (Wildman–Crippen LogP) is 10.5. The fraction of sp³-hybridized carbons (Fsp3) is 0. The van der Waals surface area contributed by atoms with Crippen molar-refractivity contribution in [2.45, 2.75) is 0 Å². The van der Waals surface area contributed by atoms with Gasteiger partial charge in [0.25, 0.3) is 0 Å². The van der Waals surface area contributed by atoms with Gasteiger partial charge in [-0.2, -0.15) is 9.97 Å². The van der Waals surface area contributed by atoms with Gasteiger partial charge in [-0.15, -0.1) is 0 Å². The Balaban J connectivity index is 1.42. The summed E-state index contributed by atoms with van der Waals surface area (Å²) < 4.78 is 4.66. The van der Waals surface area contributed by atoms with Gasteiger partial charge in [0.05, 0.1) is 27.8 Å². The van der Waals surface area contributed by atoms with Gasteiger partial charge >= 0.3 is 0 Å². The molecular weight excluding hydrogens is 587 g/mol. The number of hydrogen-bond acceptors (Lipinski definition) is 3. The molecule has 0 atom stereocenters. The normalized spacial score (nSPS) is 11.8. The second-order valence-corrected chi connectivity index (χ2v) is 12.1. The molecule has 5 heteroatoms. The average molecular weight is 614 g/mol. The van der Waals surface area contributed by atoms with E-state index < -0.39 is 0 Å². The van der Waals surface area contributed by atoms with Crippen LogP contribution in [0.1, 0.15) is 0 Å². The molecule has 8 aromatic rings. The van der Waals surface area contributed by atoms with E-state index in [4.69, 9.17) is 15.0 Å². The minimum Gasteiger partial charge on any atom is -0.305 e. The van der Waals surface area contributed by atoms with Gasteiger partial charge in [0.1, 0.15) is 0 Å². The van der Waals surface area contributed by atoms with Gasteiger partial charge in [0.15, 0.2) is 11.6 Å². The van der Waals surface area contributed by atoms with E-state index in [2.05, 4.69) is 137 Å². The fourth-order valence-electron chi connectivity index (χ4n) is 7.19. The molecule has 224 valence electrons. The molecule has 5 nitrogen and oxygen atoms in total. The number of fused-ring (bicyclic) bond motifs is 5. The zero-order valence-electron chi connectivity index (χ0n) is 25.8. The van der Waals surface area contributed by atoms with Crippen molar-refractivity contribution < 1.29 is 0 Å². The molecule has 0 spiro atoms. The molecule has 3 heterocycles. The van der Waals surface area contributed by atoms with Crippen molar-refractivity contribution >= 4 is 43.6 Å². The molecule has 0 bridgehead atoms. The summed E-state index contributed by atoms with van der Waals surface area (Å²) in [7, 11) is 0. The lowest BCUT2D eigenvalue weighted by molar-refractivity contribution is 0.936. The van der Waals surface area contributed by atoms with Gasteiger partial charge in [-0.3, -0.25) is 4.57 Å². The number of benzene rings is 7. The van der Waals surface area contributed by atoms with Crippen LogP contribution in [0.5, 0.6) is 0 Å². The van der Waals surface area contributed by atoms with Crippen LogP contribution in [0.4, 0.5) is 0 Å². The SMILES string of the molecule is c1ccc(-c2ccc3c(c2)n(-c2nc(-c4ccccc4)nc(-c4ccccc4)n2)c2ccc4cccc5c6ccccc6n3-c2c45)cc1. The molecule has 0 aliphatic carbocycles. The van der Waals surface area contributed by atoms with Crippen molar-refractivity contribution in [3.05, 3.63) is 164 Å². The summed E-state index contributed by atoms with van der Waals surface area (Å²) in [6, 6.07) is 57.3. The molecule has 7 aromatic carbocycles. The standard InChI is InChI=1S/C43H27N5/c1-4-13-28(14-5-1)32-24-25-36-38(27-32)48(43-45-41(30-15-6-2-7-16-30)44-42(46-43)31-17-8-3-9-18-31)37-26-23-29-19-12-21-34-33-20-10-11-22-35(33)47(36)40(37)39(29)34/h1-27H. The monoisotopic (exact) mass is 613 g/mol. The molecule has 0 saturated heterocycles. The van der Waals surface area contributed by atoms with E-state index in [1.165, 1.54) is 21.5 Å². The minimum atomic E-state index is 0.570. The van der Waals surface area contributed by atoms with E-state index in [0.29, 0.717) is 17.6 Å². The van der Waals surface area contributed by atoms with E-state index >= 15 is 0 Å². The molecule has 2 aliphatic rings. The van der Waals surface area contributed by atoms with Crippen LogP contribution < -0.4 is 0 Å². The maximum absolute atomic E-state index is 5.23. The predicted molar refractivity (Wildman–Crippen MR) is 196 cm³/mol. The number of aromatic nitrogens is 5. The van der Waals surface area contributed by atoms with Crippen LogP contribution in [0.15, 0.2) is 164 Å². The Kier molecular flexibility index (Phi) is 5.81. The first kappa shape index (κ1) is 26.6. The first-order valence-corrected chi connectivity index (χ1v) is 16.1. The Labute approximate surface area is 276 Å². The van der Waals surface area contributed by atoms with Gasteiger partial charge in [0.2, 0.25) is 5.95 Å². The highest BCUT2D eigenvalue weighted by Gasteiger charge is 2.24. The Morgan fingerprint density at radius 2 is 0.958 bits per heavy atom. The van der Waals surface area contributed by atoms with E-state index in [9.17, 15) is 0 Å². The average Bonchev–Trinajstić information content (AvgIpc) is 3.17. The van der Waals surface area contributed by atoms with E-state index in [-0.39, 0.29) is 0 Å². The second-order valence-electron chi connectivity index (χ2n) is 12.1. The summed E-state index contributed by atoms with van der Waals surface area (Å²) >= 11 is 0. The summed E-state index contributed by atoms with van der Waals surface area (Å²) in [5, 5.41) is 4.86. The highest BCUT2D eigenvalue weighted by molar-refractivity contribution is 6.20. The summed E-state index contributed by atoms with van der Waals surface area (Å²) in [6.07, 6.45) is 0. The van der Waals surface area contributed by atoms with Crippen LogP contribution >= 0.6 is 0 Å². The van der Waals surface area contributed by atoms with Crippen molar-refractivity contribution in [2.75, 3.05) is 0 Å². The zero-order chi connectivity index (χ0) is 31.6. The van der Waals surface area contributed by atoms with Gasteiger partial charge < -0.3 is 4.57 Å². The molecular formula is C43H27N5. The van der Waals surface area contributed by atoms with Crippen molar-refractivity contribution in [2.24, 2.45) is 0 Å². The topological polar surface area (TPSA) is 48.5 Å². The van der Waals surface area contributed by atoms with Gasteiger partial charge in [-0.05, 0) is 46.2 Å². The van der Waals surface area contributed by atoms with Crippen LogP contribution in [0.25, 0.3) is 89.2 Å². The number of nitrogens with zero attached hydrogens (tertiary/aromatic N) is 5. The molecule has 0 saturated carbocycles. The highest BCUT2D eigenvalue weighted by atomic mass is 15.2. The van der Waals surface area contributed by atoms with Crippen molar-refractivity contribution in [3.63, 3.8) is 0 Å². The molecule has 0 radical (unpaired) electrons. The number of para-hydroxylation sites is 1. The van der Waals surface area contributed by atoms with Crippen LogP contribution in [-0.2, 0) is 0 Å². The molecule has 0 fully saturated rings. The van der Waals surface area contributed by atoms with Crippen molar-refractivity contribution in [1.82, 2.24) is 24.1 Å². The quantitative estimate of drug-likeness (QED) is 0.147. The summed E-state index contributed by atoms with van der Waals surface area (Å²) in [4.78, 5) is 15.5. The second kappa shape index (κ2) is 10.5. The molecule has 0 N–H and O–H groups in total. The van der Waals surface area contributed by atoms with Crippen LogP contribution in [0.3, 0.4) is 0 Å². The Morgan fingerprint density at radius 3 is 1.67 bits per heavy atom. The number of hydrogen-bond donors (Lipinski definition) is 0. The van der Waals surface area contributed by atoms with E-state index in [1.807, 2.05) is 36.4 Å².